The number of nitrogens with zero attached hydrogens (tertiary/aromatic N) is 4. The van der Waals surface area contributed by atoms with Crippen LogP contribution in [0.25, 0.3) is 11.3 Å². The van der Waals surface area contributed by atoms with Gasteiger partial charge in [0.1, 0.15) is 0 Å². The van der Waals surface area contributed by atoms with E-state index in [4.69, 9.17) is 4.74 Å². The Labute approximate surface area is 178 Å². The van der Waals surface area contributed by atoms with Gasteiger partial charge in [0.2, 0.25) is 23.2 Å². The first-order valence-electron chi connectivity index (χ1n) is 9.57. The van der Waals surface area contributed by atoms with Crippen LogP contribution in [0.4, 0.5) is 5.69 Å². The number of thiophene rings is 1. The molecular formula is C21H22N4O2S2. The van der Waals surface area contributed by atoms with E-state index in [-0.39, 0.29) is 5.91 Å². The van der Waals surface area contributed by atoms with Crippen molar-refractivity contribution >= 4 is 34.7 Å². The van der Waals surface area contributed by atoms with Crippen molar-refractivity contribution in [3.63, 3.8) is 0 Å². The molecule has 0 saturated heterocycles. The van der Waals surface area contributed by atoms with E-state index in [0.717, 1.165) is 40.3 Å². The third-order valence-corrected chi connectivity index (χ3v) is 6.68. The molecule has 1 aliphatic heterocycles. The number of para-hydroxylation sites is 1. The second kappa shape index (κ2) is 8.51. The summed E-state index contributed by atoms with van der Waals surface area (Å²) in [5, 5.41) is 11.3. The zero-order chi connectivity index (χ0) is 20.4. The molecule has 150 valence electrons. The standard InChI is InChI=1S/C21H22N4O2S2/c1-4-5-11-29-21-22-19-17(23-24-21)15-8-6-7-9-16(15)25(14(3)26)20(27-19)18-13(2)10-12-28-18/h6-10,12,20H,4-5,11H2,1-3H3. The van der Waals surface area contributed by atoms with Crippen LogP contribution in [-0.2, 0) is 4.79 Å². The van der Waals surface area contributed by atoms with Gasteiger partial charge in [0, 0.05) is 18.2 Å². The number of amides is 1. The molecule has 0 bridgehead atoms. The van der Waals surface area contributed by atoms with Gasteiger partial charge in [0.05, 0.1) is 10.6 Å². The van der Waals surface area contributed by atoms with Gasteiger partial charge in [0.25, 0.3) is 0 Å². The maximum atomic E-state index is 12.7. The van der Waals surface area contributed by atoms with Gasteiger partial charge in [-0.1, -0.05) is 43.3 Å². The molecule has 6 nitrogen and oxygen atoms in total. The van der Waals surface area contributed by atoms with E-state index < -0.39 is 6.23 Å². The Kier molecular flexibility index (Phi) is 5.82. The van der Waals surface area contributed by atoms with Crippen molar-refractivity contribution in [3.05, 3.63) is 46.2 Å². The average molecular weight is 427 g/mol. The summed E-state index contributed by atoms with van der Waals surface area (Å²) in [6.07, 6.45) is 1.60. The quantitative estimate of drug-likeness (QED) is 0.410. The number of ether oxygens (including phenoxy) is 1. The molecule has 0 N–H and O–H groups in total. The second-order valence-corrected chi connectivity index (χ2v) is 8.80. The molecule has 0 aliphatic carbocycles. The van der Waals surface area contributed by atoms with Gasteiger partial charge in [-0.05, 0) is 36.4 Å². The molecule has 0 spiro atoms. The van der Waals surface area contributed by atoms with E-state index in [0.29, 0.717) is 16.7 Å². The van der Waals surface area contributed by atoms with E-state index in [2.05, 4.69) is 22.1 Å². The van der Waals surface area contributed by atoms with E-state index >= 15 is 0 Å². The molecule has 1 unspecified atom stereocenters. The number of fused-ring (bicyclic) bond motifs is 3. The monoisotopic (exact) mass is 426 g/mol. The highest BCUT2D eigenvalue weighted by Gasteiger charge is 2.35. The van der Waals surface area contributed by atoms with E-state index in [1.54, 1.807) is 34.9 Å². The molecule has 1 amide bonds. The van der Waals surface area contributed by atoms with E-state index in [1.165, 1.54) is 0 Å². The zero-order valence-electron chi connectivity index (χ0n) is 16.6. The van der Waals surface area contributed by atoms with Gasteiger partial charge in [0.15, 0.2) is 5.69 Å². The SMILES string of the molecule is CCCCSc1nnc2c(n1)OC(c1sccc1C)N(C(C)=O)c1ccccc1-2. The minimum Gasteiger partial charge on any atom is -0.446 e. The molecule has 3 aromatic rings. The number of thioether (sulfide) groups is 1. The molecule has 8 heteroatoms. The number of rotatable bonds is 5. The van der Waals surface area contributed by atoms with Crippen molar-refractivity contribution in [1.82, 2.24) is 15.2 Å². The van der Waals surface area contributed by atoms with Gasteiger partial charge in [-0.2, -0.15) is 4.98 Å². The summed E-state index contributed by atoms with van der Waals surface area (Å²) in [4.78, 5) is 20.0. The number of hydrogen-bond acceptors (Lipinski definition) is 7. The fourth-order valence-electron chi connectivity index (χ4n) is 3.23. The highest BCUT2D eigenvalue weighted by atomic mass is 32.2. The number of unbranched alkanes of at least 4 members (excludes halogenated alkanes) is 1. The first kappa shape index (κ1) is 19.8. The Morgan fingerprint density at radius 3 is 2.83 bits per heavy atom. The molecule has 1 atom stereocenters. The molecule has 29 heavy (non-hydrogen) atoms. The molecule has 0 fully saturated rings. The van der Waals surface area contributed by atoms with Crippen LogP contribution in [0, 0.1) is 6.92 Å². The fraction of sp³-hybridized carbons (Fsp3) is 0.333. The highest BCUT2D eigenvalue weighted by molar-refractivity contribution is 7.99. The molecule has 1 aromatic carbocycles. The predicted octanol–water partition coefficient (Wildman–Crippen LogP) is 5.24. The molecule has 0 saturated carbocycles. The Morgan fingerprint density at radius 2 is 2.10 bits per heavy atom. The Balaban J connectivity index is 1.86. The normalized spacial score (nSPS) is 15.3. The number of hydrogen-bond donors (Lipinski definition) is 0. The summed E-state index contributed by atoms with van der Waals surface area (Å²) in [5.74, 6) is 1.24. The van der Waals surface area contributed by atoms with Gasteiger partial charge in [-0.15, -0.1) is 21.5 Å². The number of carbonyl (C=O) groups is 1. The summed E-state index contributed by atoms with van der Waals surface area (Å²) in [5.41, 5.74) is 3.17. The maximum absolute atomic E-state index is 12.7. The van der Waals surface area contributed by atoms with Crippen LogP contribution < -0.4 is 9.64 Å². The maximum Gasteiger partial charge on any atom is 0.247 e. The largest absolute Gasteiger partial charge is 0.446 e. The van der Waals surface area contributed by atoms with Crippen LogP contribution in [0.15, 0.2) is 40.9 Å². The van der Waals surface area contributed by atoms with Crippen LogP contribution in [-0.4, -0.2) is 26.8 Å². The molecule has 0 radical (unpaired) electrons. The first-order chi connectivity index (χ1) is 14.1. The summed E-state index contributed by atoms with van der Waals surface area (Å²) in [7, 11) is 0. The zero-order valence-corrected chi connectivity index (χ0v) is 18.2. The lowest BCUT2D eigenvalue weighted by atomic mass is 10.1. The first-order valence-corrected chi connectivity index (χ1v) is 11.4. The predicted molar refractivity (Wildman–Crippen MR) is 116 cm³/mol. The lowest BCUT2D eigenvalue weighted by Crippen LogP contribution is -2.35. The summed E-state index contributed by atoms with van der Waals surface area (Å²) in [6.45, 7) is 5.73. The molecule has 3 heterocycles. The van der Waals surface area contributed by atoms with Crippen LogP contribution in [0.2, 0.25) is 0 Å². The van der Waals surface area contributed by atoms with Crippen molar-refractivity contribution in [2.24, 2.45) is 0 Å². The van der Waals surface area contributed by atoms with Crippen LogP contribution >= 0.6 is 23.1 Å². The van der Waals surface area contributed by atoms with Gasteiger partial charge in [-0.25, -0.2) is 0 Å². The topological polar surface area (TPSA) is 68.2 Å². The van der Waals surface area contributed by atoms with Crippen molar-refractivity contribution in [2.75, 3.05) is 10.7 Å². The smallest absolute Gasteiger partial charge is 0.247 e. The average Bonchev–Trinajstić information content (AvgIpc) is 3.07. The fourth-order valence-corrected chi connectivity index (χ4v) is 5.03. The minimum absolute atomic E-state index is 0.103. The van der Waals surface area contributed by atoms with Crippen molar-refractivity contribution < 1.29 is 9.53 Å². The number of aromatic nitrogens is 3. The van der Waals surface area contributed by atoms with E-state index in [1.807, 2.05) is 42.6 Å². The minimum atomic E-state index is -0.597. The third kappa shape index (κ3) is 3.86. The summed E-state index contributed by atoms with van der Waals surface area (Å²) >= 11 is 3.14. The van der Waals surface area contributed by atoms with Gasteiger partial charge in [-0.3, -0.25) is 9.69 Å². The Hall–Kier alpha value is -2.45. The number of aryl methyl sites for hydroxylation is 1. The summed E-state index contributed by atoms with van der Waals surface area (Å²) < 4.78 is 6.37. The highest BCUT2D eigenvalue weighted by Crippen LogP contribution is 2.44. The van der Waals surface area contributed by atoms with Crippen LogP contribution in [0.3, 0.4) is 0 Å². The second-order valence-electron chi connectivity index (χ2n) is 6.79. The number of benzene rings is 1. The van der Waals surface area contributed by atoms with Crippen LogP contribution in [0.1, 0.15) is 43.4 Å². The molecule has 2 aromatic heterocycles. The lowest BCUT2D eigenvalue weighted by molar-refractivity contribution is -0.118. The molecule has 4 rings (SSSR count). The Bertz CT molecular complexity index is 1040. The van der Waals surface area contributed by atoms with Crippen molar-refractivity contribution in [3.8, 4) is 17.1 Å². The third-order valence-electron chi connectivity index (χ3n) is 4.71. The van der Waals surface area contributed by atoms with Gasteiger partial charge >= 0.3 is 0 Å². The van der Waals surface area contributed by atoms with E-state index in [9.17, 15) is 4.79 Å². The lowest BCUT2D eigenvalue weighted by Gasteiger charge is -2.29. The number of carbonyl (C=O) groups excluding carboxylic acids is 1. The summed E-state index contributed by atoms with van der Waals surface area (Å²) in [6, 6.07) is 9.70. The number of anilines is 1. The molecular weight excluding hydrogens is 404 g/mol. The van der Waals surface area contributed by atoms with Crippen molar-refractivity contribution in [2.45, 2.75) is 45.0 Å². The van der Waals surface area contributed by atoms with Crippen LogP contribution in [0.5, 0.6) is 5.88 Å². The molecule has 1 aliphatic rings. The van der Waals surface area contributed by atoms with Crippen molar-refractivity contribution in [1.29, 1.82) is 0 Å². The Morgan fingerprint density at radius 1 is 1.28 bits per heavy atom. The van der Waals surface area contributed by atoms with Gasteiger partial charge < -0.3 is 4.74 Å².